The lowest BCUT2D eigenvalue weighted by molar-refractivity contribution is 0.156. The Morgan fingerprint density at radius 2 is 2.00 bits per heavy atom. The van der Waals surface area contributed by atoms with Crippen molar-refractivity contribution in [2.45, 2.75) is 19.1 Å². The van der Waals surface area contributed by atoms with Crippen molar-refractivity contribution in [1.29, 1.82) is 0 Å². The van der Waals surface area contributed by atoms with E-state index >= 15 is 0 Å². The highest BCUT2D eigenvalue weighted by Gasteiger charge is 2.30. The third-order valence-electron chi connectivity index (χ3n) is 4.96. The molecular weight excluding hydrogens is 362 g/mol. The number of benzene rings is 1. The molecule has 0 spiro atoms. The molecule has 3 aromatic heterocycles. The van der Waals surface area contributed by atoms with Crippen molar-refractivity contribution >= 4 is 33.4 Å². The maximum absolute atomic E-state index is 12.9. The second-order valence-electron chi connectivity index (χ2n) is 6.46. The maximum atomic E-state index is 12.9. The number of aromatic nitrogens is 2. The molecule has 4 heterocycles. The van der Waals surface area contributed by atoms with Crippen LogP contribution in [0.5, 0.6) is 0 Å². The maximum Gasteiger partial charge on any atom is 0.275 e. The molecule has 0 amide bonds. The Labute approximate surface area is 159 Å². The Bertz CT molecular complexity index is 1110. The molecular formula is C20H17N3OS2. The van der Waals surface area contributed by atoms with Crippen molar-refractivity contribution in [2.75, 3.05) is 6.54 Å². The summed E-state index contributed by atoms with van der Waals surface area (Å²) in [5, 5.41) is 10.3. The predicted molar refractivity (Wildman–Crippen MR) is 107 cm³/mol. The van der Waals surface area contributed by atoms with Crippen molar-refractivity contribution < 1.29 is 0 Å². The molecule has 0 radical (unpaired) electrons. The van der Waals surface area contributed by atoms with E-state index in [0.29, 0.717) is 6.67 Å². The molecule has 1 atom stereocenters. The Hall–Kier alpha value is -2.28. The van der Waals surface area contributed by atoms with Gasteiger partial charge in [0, 0.05) is 21.7 Å². The van der Waals surface area contributed by atoms with Crippen LogP contribution in [0.25, 0.3) is 10.8 Å². The number of thiophene rings is 2. The van der Waals surface area contributed by atoms with Crippen LogP contribution < -0.4 is 5.56 Å². The third-order valence-corrected chi connectivity index (χ3v) is 6.88. The summed E-state index contributed by atoms with van der Waals surface area (Å²) in [7, 11) is 0. The molecule has 1 aliphatic rings. The smallest absolute Gasteiger partial charge is 0.272 e. The fourth-order valence-corrected chi connectivity index (χ4v) is 5.48. The van der Waals surface area contributed by atoms with Crippen molar-refractivity contribution in [3.63, 3.8) is 0 Å². The molecule has 0 saturated heterocycles. The van der Waals surface area contributed by atoms with Crippen molar-refractivity contribution in [3.8, 4) is 0 Å². The molecule has 1 aliphatic heterocycles. The van der Waals surface area contributed by atoms with Crippen LogP contribution in [-0.4, -0.2) is 21.2 Å². The minimum absolute atomic E-state index is 0.0239. The lowest BCUT2D eigenvalue weighted by Gasteiger charge is -2.35. The number of hydrogen-bond acceptors (Lipinski definition) is 5. The summed E-state index contributed by atoms with van der Waals surface area (Å²) < 4.78 is 1.60. The number of rotatable bonds is 3. The van der Waals surface area contributed by atoms with Gasteiger partial charge in [0.05, 0.1) is 24.3 Å². The highest BCUT2D eigenvalue weighted by Crippen LogP contribution is 2.39. The summed E-state index contributed by atoms with van der Waals surface area (Å²) in [6.07, 6.45) is 2.81. The van der Waals surface area contributed by atoms with Crippen molar-refractivity contribution in [1.82, 2.24) is 14.7 Å². The van der Waals surface area contributed by atoms with Crippen LogP contribution in [0.15, 0.2) is 64.2 Å². The van der Waals surface area contributed by atoms with E-state index in [0.717, 1.165) is 23.7 Å². The first-order chi connectivity index (χ1) is 12.8. The van der Waals surface area contributed by atoms with Gasteiger partial charge in [0.15, 0.2) is 0 Å². The molecule has 6 heteroatoms. The molecule has 1 unspecified atom stereocenters. The van der Waals surface area contributed by atoms with Gasteiger partial charge in [0.25, 0.3) is 5.56 Å². The van der Waals surface area contributed by atoms with Gasteiger partial charge in [-0.25, -0.2) is 4.68 Å². The van der Waals surface area contributed by atoms with Gasteiger partial charge in [0.1, 0.15) is 0 Å². The van der Waals surface area contributed by atoms with E-state index in [9.17, 15) is 4.79 Å². The molecule has 26 heavy (non-hydrogen) atoms. The Kier molecular flexibility index (Phi) is 3.96. The van der Waals surface area contributed by atoms with E-state index in [1.165, 1.54) is 15.3 Å². The SMILES string of the molecule is O=c1c2ccccc2cnn1CN1CCc2sccc2C1c1cccs1. The topological polar surface area (TPSA) is 38.1 Å². The highest BCUT2D eigenvalue weighted by atomic mass is 32.1. The van der Waals surface area contributed by atoms with E-state index in [4.69, 9.17) is 0 Å². The van der Waals surface area contributed by atoms with Crippen LogP contribution in [0.4, 0.5) is 0 Å². The molecule has 0 bridgehead atoms. The van der Waals surface area contributed by atoms with Gasteiger partial charge in [0.2, 0.25) is 0 Å². The lowest BCUT2D eigenvalue weighted by atomic mass is 9.99. The van der Waals surface area contributed by atoms with E-state index < -0.39 is 0 Å². The summed E-state index contributed by atoms with van der Waals surface area (Å²) in [5.41, 5.74) is 1.35. The van der Waals surface area contributed by atoms with Crippen LogP contribution in [-0.2, 0) is 13.1 Å². The summed E-state index contributed by atoms with van der Waals surface area (Å²) in [6, 6.07) is 14.4. The number of fused-ring (bicyclic) bond motifs is 2. The average molecular weight is 380 g/mol. The van der Waals surface area contributed by atoms with E-state index in [-0.39, 0.29) is 11.6 Å². The first-order valence-electron chi connectivity index (χ1n) is 8.60. The minimum atomic E-state index is -0.0239. The minimum Gasteiger partial charge on any atom is -0.272 e. The second kappa shape index (κ2) is 6.46. The fraction of sp³-hybridized carbons (Fsp3) is 0.200. The quantitative estimate of drug-likeness (QED) is 0.537. The van der Waals surface area contributed by atoms with Gasteiger partial charge >= 0.3 is 0 Å². The molecule has 0 saturated carbocycles. The second-order valence-corrected chi connectivity index (χ2v) is 8.44. The summed E-state index contributed by atoms with van der Waals surface area (Å²) >= 11 is 3.61. The summed E-state index contributed by atoms with van der Waals surface area (Å²) in [5.74, 6) is 0. The average Bonchev–Trinajstić information content (AvgIpc) is 3.35. The summed E-state index contributed by atoms with van der Waals surface area (Å²) in [6.45, 7) is 1.43. The normalized spacial score (nSPS) is 17.5. The zero-order valence-corrected chi connectivity index (χ0v) is 15.7. The van der Waals surface area contributed by atoms with Gasteiger partial charge in [-0.15, -0.1) is 22.7 Å². The monoisotopic (exact) mass is 379 g/mol. The molecule has 4 nitrogen and oxygen atoms in total. The van der Waals surface area contributed by atoms with E-state index in [1.54, 1.807) is 22.2 Å². The van der Waals surface area contributed by atoms with Gasteiger partial charge in [-0.2, -0.15) is 5.10 Å². The molecule has 4 aromatic rings. The van der Waals surface area contributed by atoms with Gasteiger partial charge in [-0.05, 0) is 40.9 Å². The highest BCUT2D eigenvalue weighted by molar-refractivity contribution is 7.10. The van der Waals surface area contributed by atoms with Crippen LogP contribution in [0.1, 0.15) is 21.4 Å². The molecule has 5 rings (SSSR count). The predicted octanol–water partition coefficient (Wildman–Crippen LogP) is 4.12. The number of hydrogen-bond donors (Lipinski definition) is 0. The largest absolute Gasteiger partial charge is 0.275 e. The van der Waals surface area contributed by atoms with Gasteiger partial charge < -0.3 is 0 Å². The third kappa shape index (κ3) is 2.61. The first-order valence-corrected chi connectivity index (χ1v) is 10.4. The Morgan fingerprint density at radius 1 is 1.08 bits per heavy atom. The first kappa shape index (κ1) is 15.9. The summed E-state index contributed by atoms with van der Waals surface area (Å²) in [4.78, 5) is 18.0. The van der Waals surface area contributed by atoms with Crippen molar-refractivity contribution in [3.05, 3.63) is 85.1 Å². The van der Waals surface area contributed by atoms with Gasteiger partial charge in [-0.3, -0.25) is 9.69 Å². The van der Waals surface area contributed by atoms with Crippen LogP contribution in [0, 0.1) is 0 Å². The zero-order valence-electron chi connectivity index (χ0n) is 14.0. The fourth-order valence-electron chi connectivity index (χ4n) is 3.70. The Morgan fingerprint density at radius 3 is 2.88 bits per heavy atom. The molecule has 0 aliphatic carbocycles. The molecule has 0 fully saturated rings. The van der Waals surface area contributed by atoms with Gasteiger partial charge in [-0.1, -0.05) is 24.3 Å². The lowest BCUT2D eigenvalue weighted by Crippen LogP contribution is -2.40. The molecule has 130 valence electrons. The molecule has 0 N–H and O–H groups in total. The van der Waals surface area contributed by atoms with Crippen molar-refractivity contribution in [2.24, 2.45) is 0 Å². The standard InChI is InChI=1S/C20H17N3OS2/c24-20-15-5-2-1-4-14(15)12-21-23(20)13-22-9-7-17-16(8-11-26-17)19(22)18-6-3-10-25-18/h1-6,8,10-12,19H,7,9,13H2. The van der Waals surface area contributed by atoms with E-state index in [2.05, 4.69) is 39.0 Å². The number of nitrogens with zero attached hydrogens (tertiary/aromatic N) is 3. The van der Waals surface area contributed by atoms with Crippen LogP contribution in [0.3, 0.4) is 0 Å². The van der Waals surface area contributed by atoms with Crippen LogP contribution >= 0.6 is 22.7 Å². The Balaban J connectivity index is 1.56. The zero-order chi connectivity index (χ0) is 17.5. The van der Waals surface area contributed by atoms with Crippen LogP contribution in [0.2, 0.25) is 0 Å². The van der Waals surface area contributed by atoms with E-state index in [1.807, 2.05) is 35.6 Å². The molecule has 1 aromatic carbocycles.